The molecule has 4 N–H and O–H groups in total. The van der Waals surface area contributed by atoms with Crippen LogP contribution in [-0.2, 0) is 19.2 Å². The standard InChI is InChI=1S/C15H20O8/c1-3-8(12(16)17)10(14(20)21)6-5-7-11(15(22)23)9(4-2)13(18)19/h3-7H2,1-2H3,(H,16,17)(H,18,19)(H,20,21)(H,22,23). The lowest BCUT2D eigenvalue weighted by molar-refractivity contribution is -0.136. The van der Waals surface area contributed by atoms with Crippen LogP contribution in [0.5, 0.6) is 0 Å². The molecule has 0 aliphatic heterocycles. The number of carboxylic acid groups (broad SMARTS) is 4. The summed E-state index contributed by atoms with van der Waals surface area (Å²) in [6.45, 7) is 3.02. The van der Waals surface area contributed by atoms with Gasteiger partial charge in [-0.1, -0.05) is 13.8 Å². The minimum Gasteiger partial charge on any atom is -0.478 e. The molecule has 0 bridgehead atoms. The Labute approximate surface area is 132 Å². The van der Waals surface area contributed by atoms with Crippen LogP contribution in [-0.4, -0.2) is 44.3 Å². The van der Waals surface area contributed by atoms with Crippen LogP contribution in [0.15, 0.2) is 22.3 Å². The van der Waals surface area contributed by atoms with Crippen molar-refractivity contribution in [1.29, 1.82) is 0 Å². The monoisotopic (exact) mass is 328 g/mol. The van der Waals surface area contributed by atoms with Gasteiger partial charge in [0.15, 0.2) is 0 Å². The summed E-state index contributed by atoms with van der Waals surface area (Å²) < 4.78 is 0. The van der Waals surface area contributed by atoms with Gasteiger partial charge >= 0.3 is 23.9 Å². The predicted molar refractivity (Wildman–Crippen MR) is 79.0 cm³/mol. The molecule has 0 aromatic rings. The van der Waals surface area contributed by atoms with E-state index in [0.717, 1.165) is 0 Å². The van der Waals surface area contributed by atoms with E-state index in [-0.39, 0.29) is 54.4 Å². The molecule has 8 nitrogen and oxygen atoms in total. The zero-order chi connectivity index (χ0) is 18.2. The van der Waals surface area contributed by atoms with Gasteiger partial charge in [0.1, 0.15) is 0 Å². The highest BCUT2D eigenvalue weighted by Crippen LogP contribution is 2.21. The van der Waals surface area contributed by atoms with Crippen LogP contribution >= 0.6 is 0 Å². The van der Waals surface area contributed by atoms with Gasteiger partial charge in [0.05, 0.1) is 0 Å². The van der Waals surface area contributed by atoms with E-state index < -0.39 is 23.9 Å². The van der Waals surface area contributed by atoms with Gasteiger partial charge in [-0.25, -0.2) is 19.2 Å². The molecule has 23 heavy (non-hydrogen) atoms. The Kier molecular flexibility index (Phi) is 8.31. The summed E-state index contributed by atoms with van der Waals surface area (Å²) in [5, 5.41) is 36.2. The molecule has 0 fully saturated rings. The van der Waals surface area contributed by atoms with Crippen LogP contribution in [0.25, 0.3) is 0 Å². The van der Waals surface area contributed by atoms with Crippen molar-refractivity contribution in [3.8, 4) is 0 Å². The summed E-state index contributed by atoms with van der Waals surface area (Å²) in [6, 6.07) is 0. The van der Waals surface area contributed by atoms with Crippen molar-refractivity contribution in [1.82, 2.24) is 0 Å². The number of hydrogen-bond donors (Lipinski definition) is 4. The summed E-state index contributed by atoms with van der Waals surface area (Å²) >= 11 is 0. The highest BCUT2D eigenvalue weighted by Gasteiger charge is 2.21. The lowest BCUT2D eigenvalue weighted by Crippen LogP contribution is -2.13. The number of carboxylic acids is 4. The third-order valence-electron chi connectivity index (χ3n) is 3.32. The SMILES string of the molecule is CCC(C(=O)O)=C(CCCC(C(=O)O)=C(CC)C(=O)O)C(=O)O. The van der Waals surface area contributed by atoms with Crippen molar-refractivity contribution < 1.29 is 39.6 Å². The topological polar surface area (TPSA) is 149 Å². The molecule has 0 aliphatic carbocycles. The maximum absolute atomic E-state index is 11.2. The first-order chi connectivity index (χ1) is 10.7. The van der Waals surface area contributed by atoms with Crippen molar-refractivity contribution in [2.24, 2.45) is 0 Å². The van der Waals surface area contributed by atoms with E-state index in [2.05, 4.69) is 0 Å². The average Bonchev–Trinajstić information content (AvgIpc) is 2.43. The van der Waals surface area contributed by atoms with Gasteiger partial charge in [-0.3, -0.25) is 0 Å². The highest BCUT2D eigenvalue weighted by molar-refractivity contribution is 5.99. The third-order valence-corrected chi connectivity index (χ3v) is 3.32. The van der Waals surface area contributed by atoms with Gasteiger partial charge in [0, 0.05) is 22.3 Å². The first-order valence-corrected chi connectivity index (χ1v) is 7.04. The summed E-state index contributed by atoms with van der Waals surface area (Å²) in [5.74, 6) is -5.42. The lowest BCUT2D eigenvalue weighted by Gasteiger charge is -2.09. The molecule has 0 atom stereocenters. The Hall–Kier alpha value is -2.64. The second-order valence-corrected chi connectivity index (χ2v) is 4.70. The van der Waals surface area contributed by atoms with Gasteiger partial charge < -0.3 is 20.4 Å². The van der Waals surface area contributed by atoms with Crippen LogP contribution in [0, 0.1) is 0 Å². The molecule has 0 saturated carbocycles. The molecule has 0 aromatic heterocycles. The van der Waals surface area contributed by atoms with Gasteiger partial charge in [-0.05, 0) is 32.1 Å². The fourth-order valence-electron chi connectivity index (χ4n) is 2.20. The number of hydrogen-bond acceptors (Lipinski definition) is 4. The molecule has 0 heterocycles. The third kappa shape index (κ3) is 5.93. The van der Waals surface area contributed by atoms with Crippen molar-refractivity contribution in [3.05, 3.63) is 22.3 Å². The first-order valence-electron chi connectivity index (χ1n) is 7.04. The molecule has 0 amide bonds. The Morgan fingerprint density at radius 3 is 1.00 bits per heavy atom. The number of rotatable bonds is 10. The van der Waals surface area contributed by atoms with E-state index in [1.807, 2.05) is 0 Å². The molecular formula is C15H20O8. The summed E-state index contributed by atoms with van der Waals surface area (Å²) in [5.41, 5.74) is -1.07. The number of carbonyl (C=O) groups is 4. The molecule has 0 aliphatic rings. The van der Waals surface area contributed by atoms with Crippen LogP contribution in [0.3, 0.4) is 0 Å². The second kappa shape index (κ2) is 9.39. The van der Waals surface area contributed by atoms with Crippen LogP contribution in [0.1, 0.15) is 46.0 Å². The zero-order valence-corrected chi connectivity index (χ0v) is 13.0. The smallest absolute Gasteiger partial charge is 0.332 e. The Balaban J connectivity index is 5.36. The quantitative estimate of drug-likeness (QED) is 0.444. The molecule has 128 valence electrons. The first kappa shape index (κ1) is 20.4. The van der Waals surface area contributed by atoms with Crippen molar-refractivity contribution in [3.63, 3.8) is 0 Å². The van der Waals surface area contributed by atoms with Gasteiger partial charge in [0.2, 0.25) is 0 Å². The van der Waals surface area contributed by atoms with Crippen molar-refractivity contribution >= 4 is 23.9 Å². The van der Waals surface area contributed by atoms with E-state index in [1.54, 1.807) is 0 Å². The van der Waals surface area contributed by atoms with Gasteiger partial charge in [-0.2, -0.15) is 0 Å². The van der Waals surface area contributed by atoms with E-state index in [9.17, 15) is 19.2 Å². The van der Waals surface area contributed by atoms with E-state index in [4.69, 9.17) is 20.4 Å². The fourth-order valence-corrected chi connectivity index (χ4v) is 2.20. The Morgan fingerprint density at radius 1 is 0.565 bits per heavy atom. The molecule has 0 aromatic carbocycles. The van der Waals surface area contributed by atoms with Crippen LogP contribution in [0.2, 0.25) is 0 Å². The summed E-state index contributed by atoms with van der Waals surface area (Å²) in [4.78, 5) is 44.4. The molecule has 0 unspecified atom stereocenters. The van der Waals surface area contributed by atoms with Crippen molar-refractivity contribution in [2.75, 3.05) is 0 Å². The number of aliphatic carboxylic acids is 4. The normalized spacial score (nSPS) is 13.0. The van der Waals surface area contributed by atoms with Gasteiger partial charge in [0.25, 0.3) is 0 Å². The summed E-state index contributed by atoms with van der Waals surface area (Å²) in [7, 11) is 0. The molecule has 0 spiro atoms. The molecule has 0 rings (SSSR count). The Morgan fingerprint density at radius 2 is 0.826 bits per heavy atom. The zero-order valence-electron chi connectivity index (χ0n) is 13.0. The molecule has 8 heteroatoms. The van der Waals surface area contributed by atoms with Gasteiger partial charge in [-0.15, -0.1) is 0 Å². The Bertz CT molecular complexity index is 518. The second-order valence-electron chi connectivity index (χ2n) is 4.70. The highest BCUT2D eigenvalue weighted by atomic mass is 16.4. The minimum atomic E-state index is -1.38. The molecule has 0 radical (unpaired) electrons. The average molecular weight is 328 g/mol. The van der Waals surface area contributed by atoms with E-state index >= 15 is 0 Å². The minimum absolute atomic E-state index is 0.0218. The largest absolute Gasteiger partial charge is 0.478 e. The van der Waals surface area contributed by atoms with E-state index in [0.29, 0.717) is 0 Å². The maximum Gasteiger partial charge on any atom is 0.332 e. The van der Waals surface area contributed by atoms with Crippen LogP contribution in [0.4, 0.5) is 0 Å². The maximum atomic E-state index is 11.2. The van der Waals surface area contributed by atoms with Crippen molar-refractivity contribution in [2.45, 2.75) is 46.0 Å². The molecule has 0 saturated heterocycles. The van der Waals surface area contributed by atoms with Crippen LogP contribution < -0.4 is 0 Å². The van der Waals surface area contributed by atoms with E-state index in [1.165, 1.54) is 13.8 Å². The molecular weight excluding hydrogens is 308 g/mol. The predicted octanol–water partition coefficient (Wildman–Crippen LogP) is 1.91. The summed E-state index contributed by atoms with van der Waals surface area (Å²) in [6.07, 6.45) is -0.241. The fraction of sp³-hybridized carbons (Fsp3) is 0.467. The lowest BCUT2D eigenvalue weighted by atomic mass is 9.96.